The van der Waals surface area contributed by atoms with Gasteiger partial charge in [0.1, 0.15) is 11.3 Å². The van der Waals surface area contributed by atoms with Gasteiger partial charge in [-0.1, -0.05) is 72.8 Å². The molecule has 242 valence electrons. The molecule has 4 heterocycles. The van der Waals surface area contributed by atoms with Gasteiger partial charge in [0.15, 0.2) is 29.7 Å². The van der Waals surface area contributed by atoms with Crippen LogP contribution in [-0.4, -0.2) is 57.5 Å². The summed E-state index contributed by atoms with van der Waals surface area (Å²) in [5.74, 6) is -1.79. The third kappa shape index (κ3) is 5.19. The first-order chi connectivity index (χ1) is 22.7. The number of hydrogen-bond acceptors (Lipinski definition) is 10. The van der Waals surface area contributed by atoms with Crippen LogP contribution in [0.2, 0.25) is 0 Å². The molecule has 0 amide bonds. The molecule has 0 bridgehead atoms. The van der Waals surface area contributed by atoms with Crippen LogP contribution in [-0.2, 0) is 23.9 Å². The van der Waals surface area contributed by atoms with Crippen LogP contribution in [0, 0.1) is 0 Å². The number of aromatic nitrogens is 4. The fraction of sp³-hybridized carbons (Fsp3) is 0.303. The quantitative estimate of drug-likeness (QED) is 0.136. The van der Waals surface area contributed by atoms with E-state index in [1.165, 1.54) is 10.9 Å². The van der Waals surface area contributed by atoms with E-state index in [1.807, 2.05) is 84.9 Å². The van der Waals surface area contributed by atoms with Gasteiger partial charge in [-0.3, -0.25) is 4.57 Å². The minimum atomic E-state index is -2.72. The zero-order valence-corrected chi connectivity index (χ0v) is 26.6. The summed E-state index contributed by atoms with van der Waals surface area (Å²) in [4.78, 5) is 13.9. The smallest absolute Gasteiger partial charge is 0.497 e. The summed E-state index contributed by atoms with van der Waals surface area (Å²) in [5, 5.41) is 3.59. The molecule has 2 saturated heterocycles. The number of nitrogens with zero attached hydrogens (tertiary/aromatic N) is 4. The van der Waals surface area contributed by atoms with E-state index in [9.17, 15) is 4.57 Å². The number of benzene rings is 3. The van der Waals surface area contributed by atoms with Crippen molar-refractivity contribution in [3.05, 3.63) is 108 Å². The molecule has 14 heteroatoms. The Morgan fingerprint density at radius 2 is 1.64 bits per heavy atom. The van der Waals surface area contributed by atoms with Crippen molar-refractivity contribution in [1.82, 2.24) is 19.5 Å². The molecule has 2 aromatic heterocycles. The van der Waals surface area contributed by atoms with E-state index in [-0.39, 0.29) is 29.6 Å². The third-order valence-electron chi connectivity index (χ3n) is 8.41. The molecule has 7 rings (SSSR count). The Hall–Kier alpha value is -4.55. The van der Waals surface area contributed by atoms with Gasteiger partial charge in [0, 0.05) is 4.57 Å². The SMILES string of the molecule is CCOc1nc(NC(c2ccccc2)(c2ccccc2)c2ccc(OC)cc2)nc2c1ncn2[C@@H]1O[C@]2(F)CO[P+](=O)O[C@H]2[C@@]1(C)F. The highest BCUT2D eigenvalue weighted by Gasteiger charge is 2.72. The Bertz CT molecular complexity index is 1870. The van der Waals surface area contributed by atoms with Crippen LogP contribution in [0.25, 0.3) is 11.2 Å². The van der Waals surface area contributed by atoms with Gasteiger partial charge in [-0.25, -0.2) is 13.8 Å². The highest BCUT2D eigenvalue weighted by atomic mass is 31.1. The van der Waals surface area contributed by atoms with Crippen LogP contribution in [0.4, 0.5) is 14.7 Å². The molecule has 1 unspecified atom stereocenters. The van der Waals surface area contributed by atoms with E-state index < -0.39 is 44.3 Å². The van der Waals surface area contributed by atoms with Crippen molar-refractivity contribution in [2.24, 2.45) is 0 Å². The molecule has 0 aliphatic carbocycles. The van der Waals surface area contributed by atoms with Crippen molar-refractivity contribution >= 4 is 25.4 Å². The molecule has 0 saturated carbocycles. The monoisotopic (exact) mass is 662 g/mol. The van der Waals surface area contributed by atoms with Crippen molar-refractivity contribution in [2.75, 3.05) is 25.6 Å². The predicted octanol–water partition coefficient (Wildman–Crippen LogP) is 6.63. The lowest BCUT2D eigenvalue weighted by Crippen LogP contribution is -2.49. The zero-order valence-electron chi connectivity index (χ0n) is 25.7. The van der Waals surface area contributed by atoms with Crippen molar-refractivity contribution in [3.8, 4) is 11.6 Å². The number of fused-ring (bicyclic) bond motifs is 2. The summed E-state index contributed by atoms with van der Waals surface area (Å²) >= 11 is 0. The van der Waals surface area contributed by atoms with E-state index >= 15 is 8.78 Å². The van der Waals surface area contributed by atoms with Gasteiger partial charge >= 0.3 is 8.25 Å². The second-order valence-corrected chi connectivity index (χ2v) is 12.3. The van der Waals surface area contributed by atoms with Crippen LogP contribution in [0.15, 0.2) is 91.3 Å². The van der Waals surface area contributed by atoms with Gasteiger partial charge in [-0.05, 0) is 42.7 Å². The Kier molecular flexibility index (Phi) is 7.88. The van der Waals surface area contributed by atoms with E-state index in [0.717, 1.165) is 23.6 Å². The molecule has 2 fully saturated rings. The highest BCUT2D eigenvalue weighted by molar-refractivity contribution is 7.33. The molecule has 11 nitrogen and oxygen atoms in total. The summed E-state index contributed by atoms with van der Waals surface area (Å²) in [6.07, 6.45) is -2.15. The number of methoxy groups -OCH3 is 1. The lowest BCUT2D eigenvalue weighted by atomic mass is 9.77. The van der Waals surface area contributed by atoms with Crippen LogP contribution >= 0.6 is 8.25 Å². The molecular weight excluding hydrogens is 631 g/mol. The molecule has 5 aromatic rings. The molecule has 2 aliphatic rings. The van der Waals surface area contributed by atoms with Crippen LogP contribution < -0.4 is 14.8 Å². The van der Waals surface area contributed by atoms with Gasteiger partial charge < -0.3 is 19.5 Å². The second-order valence-electron chi connectivity index (χ2n) is 11.3. The molecule has 5 atom stereocenters. The minimum absolute atomic E-state index is 0.108. The molecule has 47 heavy (non-hydrogen) atoms. The van der Waals surface area contributed by atoms with E-state index in [1.54, 1.807) is 14.0 Å². The van der Waals surface area contributed by atoms with Gasteiger partial charge in [-0.2, -0.15) is 9.97 Å². The summed E-state index contributed by atoms with van der Waals surface area (Å²) in [6.45, 7) is 2.39. The standard InChI is InChI=1S/C33H31F2N5O6P/c1-4-43-27-25-26(40(20-36-25)29-31(2,34)28-32(35,45-29)19-44-47(41)46-28)37-30(38-27)39-33(21-11-7-5-8-12-21,22-13-9-6-10-14-22)23-15-17-24(42-3)18-16-23/h5-18,20,28-29H,4,19H2,1-3H3,(H,37,38,39)/q+1/t28-,29+,31+,32+/m0/s1. The van der Waals surface area contributed by atoms with Gasteiger partial charge in [0.05, 0.1) is 20.0 Å². The molecular formula is C33H31F2N5O6P+. The number of imidazole rings is 1. The number of nitrogens with one attached hydrogen (secondary N) is 1. The summed E-state index contributed by atoms with van der Waals surface area (Å²) in [5.41, 5.74) is -0.648. The first kappa shape index (κ1) is 31.1. The maximum absolute atomic E-state index is 16.4. The number of anilines is 1. The largest absolute Gasteiger partial charge is 0.698 e. The number of rotatable bonds is 9. The van der Waals surface area contributed by atoms with E-state index in [4.69, 9.17) is 33.2 Å². The zero-order chi connectivity index (χ0) is 32.8. The highest BCUT2D eigenvalue weighted by Crippen LogP contribution is 2.56. The van der Waals surface area contributed by atoms with Gasteiger partial charge in [0.2, 0.25) is 17.9 Å². The van der Waals surface area contributed by atoms with Gasteiger partial charge in [0.25, 0.3) is 5.85 Å². The molecule has 0 spiro atoms. The van der Waals surface area contributed by atoms with Crippen LogP contribution in [0.5, 0.6) is 11.6 Å². The molecule has 2 aliphatic heterocycles. The van der Waals surface area contributed by atoms with Gasteiger partial charge in [-0.15, -0.1) is 9.05 Å². The summed E-state index contributed by atoms with van der Waals surface area (Å²) in [7, 11) is -1.12. The minimum Gasteiger partial charge on any atom is -0.497 e. The van der Waals surface area contributed by atoms with Crippen molar-refractivity contribution < 1.29 is 36.6 Å². The normalized spacial score (nSPS) is 25.0. The summed E-state index contributed by atoms with van der Waals surface area (Å²) in [6, 6.07) is 27.2. The van der Waals surface area contributed by atoms with Crippen molar-refractivity contribution in [1.29, 1.82) is 0 Å². The average Bonchev–Trinajstić information content (AvgIpc) is 3.60. The number of alkyl halides is 2. The van der Waals surface area contributed by atoms with E-state index in [0.29, 0.717) is 5.75 Å². The topological polar surface area (TPSA) is 119 Å². The maximum atomic E-state index is 16.4. The number of halogens is 2. The molecule has 1 N–H and O–H groups in total. The molecule has 3 aromatic carbocycles. The lowest BCUT2D eigenvalue weighted by Gasteiger charge is -2.37. The van der Waals surface area contributed by atoms with Crippen molar-refractivity contribution in [3.63, 3.8) is 0 Å². The fourth-order valence-corrected chi connectivity index (χ4v) is 7.13. The van der Waals surface area contributed by atoms with Crippen molar-refractivity contribution in [2.45, 2.75) is 43.2 Å². The predicted molar refractivity (Wildman–Crippen MR) is 168 cm³/mol. The maximum Gasteiger partial charge on any atom is 0.698 e. The van der Waals surface area contributed by atoms with Crippen LogP contribution in [0.3, 0.4) is 0 Å². The Morgan fingerprint density at radius 1 is 1.00 bits per heavy atom. The van der Waals surface area contributed by atoms with E-state index in [2.05, 4.69) is 10.3 Å². The lowest BCUT2D eigenvalue weighted by molar-refractivity contribution is -0.211. The number of ether oxygens (including phenoxy) is 3. The Morgan fingerprint density at radius 3 is 2.26 bits per heavy atom. The Balaban J connectivity index is 1.42. The third-order valence-corrected chi connectivity index (χ3v) is 9.13. The second kappa shape index (κ2) is 11.9. The average molecular weight is 663 g/mol. The Labute approximate surface area is 269 Å². The molecule has 0 radical (unpaired) electrons. The first-order valence-electron chi connectivity index (χ1n) is 14.9. The van der Waals surface area contributed by atoms with Crippen LogP contribution in [0.1, 0.15) is 36.8 Å². The first-order valence-corrected chi connectivity index (χ1v) is 16.0. The fourth-order valence-electron chi connectivity index (χ4n) is 6.25. The number of hydrogen-bond donors (Lipinski definition) is 1. The summed E-state index contributed by atoms with van der Waals surface area (Å²) < 4.78 is 72.4.